The minimum atomic E-state index is -0.471. The number of amides is 2. The van der Waals surface area contributed by atoms with Crippen LogP contribution in [0.4, 0.5) is 0 Å². The molecule has 2 aliphatic carbocycles. The van der Waals surface area contributed by atoms with Gasteiger partial charge in [0, 0.05) is 11.6 Å². The van der Waals surface area contributed by atoms with E-state index >= 15 is 0 Å². The second-order valence-corrected chi connectivity index (χ2v) is 13.9. The Morgan fingerprint density at radius 3 is 2.39 bits per heavy atom. The molecule has 2 aromatic carbocycles. The molecule has 3 aliphatic rings. The number of nitrogens with one attached hydrogen (secondary N) is 1. The summed E-state index contributed by atoms with van der Waals surface area (Å²) in [6.45, 7) is 8.08. The van der Waals surface area contributed by atoms with Gasteiger partial charge in [0.25, 0.3) is 5.91 Å². The second kappa shape index (κ2) is 13.5. The third-order valence-electron chi connectivity index (χ3n) is 9.04. The van der Waals surface area contributed by atoms with Gasteiger partial charge in [-0.25, -0.2) is 5.01 Å². The number of nitrogens with zero attached hydrogens (tertiary/aromatic N) is 2. The van der Waals surface area contributed by atoms with Crippen LogP contribution in [0.15, 0.2) is 59.7 Å². The standard InChI is InChI=1S/C36H47N3O5/c1-25(11-10-20-36(21-22-36)34(42)44-35(2,3)4)37-32(41)31(27-12-8-9-13-27)28-18-16-26(17-19-28)23-39-30(40)24-43-33(38-39)29-14-6-5-7-15-29/h5-7,14-19,25,27,31H,8-13,20-24H2,1-4H3,(H,37,41). The topological polar surface area (TPSA) is 97.3 Å². The molecule has 2 amide bonds. The lowest BCUT2D eigenvalue weighted by atomic mass is 9.83. The lowest BCUT2D eigenvalue weighted by Gasteiger charge is -2.27. The molecular weight excluding hydrogens is 554 g/mol. The van der Waals surface area contributed by atoms with Crippen molar-refractivity contribution in [2.75, 3.05) is 6.61 Å². The number of rotatable bonds is 12. The molecule has 0 bridgehead atoms. The molecular formula is C36H47N3O5. The minimum absolute atomic E-state index is 0.0177. The van der Waals surface area contributed by atoms with Crippen molar-refractivity contribution in [1.29, 1.82) is 0 Å². The summed E-state index contributed by atoms with van der Waals surface area (Å²) in [5, 5.41) is 9.22. The first-order chi connectivity index (χ1) is 21.0. The molecule has 1 aliphatic heterocycles. The van der Waals surface area contributed by atoms with Crippen LogP contribution in [0.2, 0.25) is 0 Å². The number of benzene rings is 2. The summed E-state index contributed by atoms with van der Waals surface area (Å²) in [4.78, 5) is 39.0. The molecule has 2 saturated carbocycles. The van der Waals surface area contributed by atoms with E-state index in [2.05, 4.69) is 17.3 Å². The van der Waals surface area contributed by atoms with Crippen LogP contribution in [0.1, 0.15) is 108 Å². The molecule has 0 aromatic heterocycles. The van der Waals surface area contributed by atoms with Crippen molar-refractivity contribution < 1.29 is 23.9 Å². The van der Waals surface area contributed by atoms with Gasteiger partial charge in [0.2, 0.25) is 11.8 Å². The molecule has 44 heavy (non-hydrogen) atoms. The Hall–Kier alpha value is -3.68. The van der Waals surface area contributed by atoms with Crippen LogP contribution in [-0.2, 0) is 30.4 Å². The average Bonchev–Trinajstić information content (AvgIpc) is 3.59. The summed E-state index contributed by atoms with van der Waals surface area (Å²) in [5.74, 6) is 0.349. The second-order valence-electron chi connectivity index (χ2n) is 13.9. The molecule has 1 heterocycles. The van der Waals surface area contributed by atoms with Crippen LogP contribution in [0.5, 0.6) is 0 Å². The Kier molecular flexibility index (Phi) is 9.76. The fourth-order valence-electron chi connectivity index (χ4n) is 6.42. The Bertz CT molecular complexity index is 1340. The smallest absolute Gasteiger partial charge is 0.312 e. The summed E-state index contributed by atoms with van der Waals surface area (Å²) in [5.41, 5.74) is 1.98. The summed E-state index contributed by atoms with van der Waals surface area (Å²) in [7, 11) is 0. The highest BCUT2D eigenvalue weighted by molar-refractivity contribution is 5.97. The summed E-state index contributed by atoms with van der Waals surface area (Å²) >= 11 is 0. The zero-order valence-electron chi connectivity index (χ0n) is 26.6. The highest BCUT2D eigenvalue weighted by atomic mass is 16.6. The highest BCUT2D eigenvalue weighted by Crippen LogP contribution is 2.51. The SMILES string of the molecule is CC(CCCC1(C(=O)OC(C)(C)C)CC1)NC(=O)C(c1ccc(CN2N=C(c3ccccc3)OCC2=O)cc1)C1CCCC1. The van der Waals surface area contributed by atoms with Crippen molar-refractivity contribution in [2.24, 2.45) is 16.4 Å². The Balaban J connectivity index is 1.19. The van der Waals surface area contributed by atoms with Gasteiger partial charge in [-0.3, -0.25) is 14.4 Å². The quantitative estimate of drug-likeness (QED) is 0.281. The normalized spacial score (nSPS) is 19.5. The van der Waals surface area contributed by atoms with Crippen molar-refractivity contribution in [1.82, 2.24) is 10.3 Å². The van der Waals surface area contributed by atoms with Gasteiger partial charge < -0.3 is 14.8 Å². The van der Waals surface area contributed by atoms with E-state index in [-0.39, 0.29) is 41.8 Å². The fourth-order valence-corrected chi connectivity index (χ4v) is 6.42. The van der Waals surface area contributed by atoms with E-state index in [1.54, 1.807) is 0 Å². The lowest BCUT2D eigenvalue weighted by molar-refractivity contribution is -0.162. The fraction of sp³-hybridized carbons (Fsp3) is 0.556. The number of hydrogen-bond donors (Lipinski definition) is 1. The van der Waals surface area contributed by atoms with Crippen molar-refractivity contribution >= 4 is 23.7 Å². The number of ether oxygens (including phenoxy) is 2. The van der Waals surface area contributed by atoms with Crippen molar-refractivity contribution in [3.05, 3.63) is 71.3 Å². The molecule has 0 saturated heterocycles. The predicted octanol–water partition coefficient (Wildman–Crippen LogP) is 6.48. The molecule has 5 rings (SSSR count). The van der Waals surface area contributed by atoms with Gasteiger partial charge in [0.1, 0.15) is 5.60 Å². The van der Waals surface area contributed by atoms with Crippen LogP contribution in [0, 0.1) is 11.3 Å². The van der Waals surface area contributed by atoms with E-state index in [1.807, 2.05) is 75.4 Å². The largest absolute Gasteiger partial charge is 0.466 e. The van der Waals surface area contributed by atoms with Gasteiger partial charge in [-0.1, -0.05) is 61.7 Å². The predicted molar refractivity (Wildman–Crippen MR) is 170 cm³/mol. The number of hydrogen-bond acceptors (Lipinski definition) is 6. The number of carbonyl (C=O) groups excluding carboxylic acids is 3. The Morgan fingerprint density at radius 1 is 1.07 bits per heavy atom. The van der Waals surface area contributed by atoms with Gasteiger partial charge in [0.15, 0.2) is 6.61 Å². The summed E-state index contributed by atoms with van der Waals surface area (Å²) in [6, 6.07) is 17.6. The maximum atomic E-state index is 13.7. The zero-order valence-corrected chi connectivity index (χ0v) is 26.6. The molecule has 0 radical (unpaired) electrons. The maximum absolute atomic E-state index is 13.7. The summed E-state index contributed by atoms with van der Waals surface area (Å²) in [6.07, 6.45) is 8.68. The van der Waals surface area contributed by atoms with Crippen LogP contribution in [-0.4, -0.2) is 46.9 Å². The van der Waals surface area contributed by atoms with E-state index < -0.39 is 5.60 Å². The highest BCUT2D eigenvalue weighted by Gasteiger charge is 2.51. The number of hydrazone groups is 1. The summed E-state index contributed by atoms with van der Waals surface area (Å²) < 4.78 is 11.2. The van der Waals surface area contributed by atoms with E-state index in [1.165, 1.54) is 5.01 Å². The van der Waals surface area contributed by atoms with Crippen molar-refractivity contribution in [2.45, 2.75) is 110 Å². The van der Waals surface area contributed by atoms with Gasteiger partial charge in [0.05, 0.1) is 17.9 Å². The third-order valence-corrected chi connectivity index (χ3v) is 9.04. The van der Waals surface area contributed by atoms with Crippen LogP contribution in [0.3, 0.4) is 0 Å². The van der Waals surface area contributed by atoms with E-state index in [9.17, 15) is 14.4 Å². The molecule has 0 spiro atoms. The molecule has 2 aromatic rings. The van der Waals surface area contributed by atoms with E-state index in [0.29, 0.717) is 18.4 Å². The van der Waals surface area contributed by atoms with Crippen LogP contribution in [0.25, 0.3) is 0 Å². The molecule has 2 fully saturated rings. The monoisotopic (exact) mass is 601 g/mol. The van der Waals surface area contributed by atoms with Crippen molar-refractivity contribution in [3.63, 3.8) is 0 Å². The van der Waals surface area contributed by atoms with Crippen LogP contribution >= 0.6 is 0 Å². The van der Waals surface area contributed by atoms with E-state index in [0.717, 1.165) is 74.5 Å². The average molecular weight is 602 g/mol. The maximum Gasteiger partial charge on any atom is 0.312 e. The van der Waals surface area contributed by atoms with Gasteiger partial charge in [-0.05, 0) is 95.4 Å². The minimum Gasteiger partial charge on any atom is -0.466 e. The Labute approximate surface area is 261 Å². The molecule has 1 N–H and O–H groups in total. The first-order valence-corrected chi connectivity index (χ1v) is 16.2. The number of esters is 1. The van der Waals surface area contributed by atoms with Crippen LogP contribution < -0.4 is 5.32 Å². The lowest BCUT2D eigenvalue weighted by Crippen LogP contribution is -2.38. The molecule has 8 heteroatoms. The van der Waals surface area contributed by atoms with E-state index in [4.69, 9.17) is 9.47 Å². The first kappa shape index (κ1) is 31.7. The van der Waals surface area contributed by atoms with Gasteiger partial charge in [-0.2, -0.15) is 0 Å². The molecule has 236 valence electrons. The Morgan fingerprint density at radius 2 is 1.75 bits per heavy atom. The van der Waals surface area contributed by atoms with Gasteiger partial charge >= 0.3 is 5.97 Å². The molecule has 2 atom stereocenters. The van der Waals surface area contributed by atoms with Crippen molar-refractivity contribution in [3.8, 4) is 0 Å². The molecule has 2 unspecified atom stereocenters. The number of carbonyl (C=O) groups is 3. The zero-order chi connectivity index (χ0) is 31.3. The first-order valence-electron chi connectivity index (χ1n) is 16.2. The third kappa shape index (κ3) is 8.07. The van der Waals surface area contributed by atoms with Gasteiger partial charge in [-0.15, -0.1) is 5.10 Å². The molecule has 8 nitrogen and oxygen atoms in total.